The molecular weight excluding hydrogens is 418 g/mol. The van der Waals surface area contributed by atoms with Crippen LogP contribution in [-0.4, -0.2) is 19.7 Å². The summed E-state index contributed by atoms with van der Waals surface area (Å²) < 4.78 is 2.48. The van der Waals surface area contributed by atoms with Crippen molar-refractivity contribution in [2.75, 3.05) is 4.90 Å². The van der Waals surface area contributed by atoms with Gasteiger partial charge in [-0.25, -0.2) is 0 Å². The predicted octanol–water partition coefficient (Wildman–Crippen LogP) is 5.41. The predicted molar refractivity (Wildman–Crippen MR) is 124 cm³/mol. The lowest BCUT2D eigenvalue weighted by molar-refractivity contribution is -0.384. The third-order valence-electron chi connectivity index (χ3n) is 4.86. The van der Waals surface area contributed by atoms with Gasteiger partial charge in [-0.15, -0.1) is 0 Å². The molecule has 6 nitrogen and oxygen atoms in total. The van der Waals surface area contributed by atoms with Crippen molar-refractivity contribution in [2.45, 2.75) is 13.8 Å². The Labute approximate surface area is 183 Å². The Balaban J connectivity index is 1.70. The molecule has 1 fully saturated rings. The minimum Gasteiger partial charge on any atom is -0.318 e. The van der Waals surface area contributed by atoms with E-state index in [4.69, 9.17) is 12.2 Å². The Hall–Kier alpha value is -3.23. The molecule has 0 unspecified atom stereocenters. The molecule has 0 aliphatic carbocycles. The number of rotatable bonds is 4. The molecule has 1 aromatic heterocycles. The van der Waals surface area contributed by atoms with Gasteiger partial charge in [0, 0.05) is 29.2 Å². The molecule has 0 radical (unpaired) electrons. The SMILES string of the molecule is Cc1cc(/C=C2/SC(=S)N(c3cccc([N+](=O)[O-])c3)C2=O)c(C)n1-c1ccccc1. The molecule has 0 atom stereocenters. The molecule has 8 heteroatoms. The second kappa shape index (κ2) is 7.89. The van der Waals surface area contributed by atoms with E-state index in [1.54, 1.807) is 12.1 Å². The molecule has 1 amide bonds. The van der Waals surface area contributed by atoms with Gasteiger partial charge in [0.25, 0.3) is 11.6 Å². The van der Waals surface area contributed by atoms with Crippen LogP contribution in [0.25, 0.3) is 11.8 Å². The zero-order valence-corrected chi connectivity index (χ0v) is 17.9. The van der Waals surface area contributed by atoms with Gasteiger partial charge < -0.3 is 4.57 Å². The fourth-order valence-electron chi connectivity index (χ4n) is 3.49. The first-order chi connectivity index (χ1) is 14.4. The molecular formula is C22H17N3O3S2. The van der Waals surface area contributed by atoms with Crippen molar-refractivity contribution in [3.05, 3.63) is 92.6 Å². The van der Waals surface area contributed by atoms with Gasteiger partial charge in [-0.3, -0.25) is 19.8 Å². The number of nitro groups is 1. The highest BCUT2D eigenvalue weighted by Gasteiger charge is 2.34. The maximum absolute atomic E-state index is 13.0. The summed E-state index contributed by atoms with van der Waals surface area (Å²) in [7, 11) is 0. The standard InChI is InChI=1S/C22H17N3O3S2/c1-14-11-16(15(2)23(14)17-7-4-3-5-8-17)12-20-21(26)24(22(29)30-20)18-9-6-10-19(13-18)25(27)28/h3-13H,1-2H3/b20-12+. The molecule has 0 saturated carbocycles. The fourth-order valence-corrected chi connectivity index (χ4v) is 4.78. The number of thioether (sulfide) groups is 1. The number of thiocarbonyl (C=S) groups is 1. The Morgan fingerprint density at radius 3 is 2.43 bits per heavy atom. The molecule has 1 aliphatic heterocycles. The summed E-state index contributed by atoms with van der Waals surface area (Å²) in [6, 6.07) is 18.0. The molecule has 1 saturated heterocycles. The van der Waals surface area contributed by atoms with Crippen LogP contribution in [0, 0.1) is 24.0 Å². The van der Waals surface area contributed by atoms with Crippen molar-refractivity contribution in [1.82, 2.24) is 4.57 Å². The Kier molecular flexibility index (Phi) is 5.27. The second-order valence-corrected chi connectivity index (χ2v) is 8.47. The normalized spacial score (nSPS) is 15.3. The number of non-ortho nitro benzene ring substituents is 1. The zero-order chi connectivity index (χ0) is 21.4. The van der Waals surface area contributed by atoms with Crippen molar-refractivity contribution in [2.24, 2.45) is 0 Å². The van der Waals surface area contributed by atoms with E-state index in [1.165, 1.54) is 28.8 Å². The van der Waals surface area contributed by atoms with Gasteiger partial charge in [0.1, 0.15) is 0 Å². The lowest BCUT2D eigenvalue weighted by Crippen LogP contribution is -2.27. The van der Waals surface area contributed by atoms with Crippen molar-refractivity contribution < 1.29 is 9.72 Å². The first-order valence-electron chi connectivity index (χ1n) is 9.13. The van der Waals surface area contributed by atoms with Crippen molar-refractivity contribution in [3.63, 3.8) is 0 Å². The Morgan fingerprint density at radius 1 is 1.03 bits per heavy atom. The largest absolute Gasteiger partial charge is 0.318 e. The molecule has 2 heterocycles. The van der Waals surface area contributed by atoms with E-state index in [1.807, 2.05) is 56.3 Å². The number of aryl methyl sites for hydroxylation is 1. The van der Waals surface area contributed by atoms with Crippen LogP contribution < -0.4 is 4.90 Å². The maximum atomic E-state index is 13.0. The van der Waals surface area contributed by atoms with Gasteiger partial charge >= 0.3 is 0 Å². The zero-order valence-electron chi connectivity index (χ0n) is 16.2. The number of anilines is 1. The third kappa shape index (κ3) is 3.55. The van der Waals surface area contributed by atoms with Crippen LogP contribution >= 0.6 is 24.0 Å². The number of carbonyl (C=O) groups excluding carboxylic acids is 1. The van der Waals surface area contributed by atoms with Gasteiger partial charge in [-0.2, -0.15) is 0 Å². The highest BCUT2D eigenvalue weighted by Crippen LogP contribution is 2.37. The van der Waals surface area contributed by atoms with Crippen LogP contribution in [0.2, 0.25) is 0 Å². The van der Waals surface area contributed by atoms with Crippen LogP contribution in [0.4, 0.5) is 11.4 Å². The minimum absolute atomic E-state index is 0.0862. The van der Waals surface area contributed by atoms with Crippen LogP contribution in [-0.2, 0) is 4.79 Å². The second-order valence-electron chi connectivity index (χ2n) is 6.79. The monoisotopic (exact) mass is 435 g/mol. The number of nitro benzene ring substituents is 1. The van der Waals surface area contributed by atoms with E-state index in [-0.39, 0.29) is 11.6 Å². The molecule has 0 N–H and O–H groups in total. The number of carbonyl (C=O) groups is 1. The summed E-state index contributed by atoms with van der Waals surface area (Å²) >= 11 is 6.59. The van der Waals surface area contributed by atoms with E-state index in [9.17, 15) is 14.9 Å². The Morgan fingerprint density at radius 2 is 1.73 bits per heavy atom. The molecule has 0 spiro atoms. The first-order valence-corrected chi connectivity index (χ1v) is 10.4. The molecule has 1 aliphatic rings. The third-order valence-corrected chi connectivity index (χ3v) is 6.17. The maximum Gasteiger partial charge on any atom is 0.271 e. The number of nitrogens with zero attached hydrogens (tertiary/aromatic N) is 3. The molecule has 3 aromatic rings. The molecule has 30 heavy (non-hydrogen) atoms. The quantitative estimate of drug-likeness (QED) is 0.237. The van der Waals surface area contributed by atoms with E-state index in [0.717, 1.165) is 22.6 Å². The van der Waals surface area contributed by atoms with E-state index >= 15 is 0 Å². The van der Waals surface area contributed by atoms with Gasteiger partial charge in [0.15, 0.2) is 4.32 Å². The average molecular weight is 436 g/mol. The van der Waals surface area contributed by atoms with Crippen LogP contribution in [0.15, 0.2) is 65.6 Å². The summed E-state index contributed by atoms with van der Waals surface area (Å²) in [5, 5.41) is 11.1. The van der Waals surface area contributed by atoms with Crippen molar-refractivity contribution in [1.29, 1.82) is 0 Å². The number of hydrogen-bond acceptors (Lipinski definition) is 5. The van der Waals surface area contributed by atoms with Crippen molar-refractivity contribution >= 4 is 51.7 Å². The van der Waals surface area contributed by atoms with E-state index in [0.29, 0.717) is 14.9 Å². The average Bonchev–Trinajstić information content (AvgIpc) is 3.17. The van der Waals surface area contributed by atoms with Gasteiger partial charge in [-0.05, 0) is 49.8 Å². The lowest BCUT2D eigenvalue weighted by Gasteiger charge is -2.13. The fraction of sp³-hybridized carbons (Fsp3) is 0.0909. The van der Waals surface area contributed by atoms with Gasteiger partial charge in [0.05, 0.1) is 15.5 Å². The van der Waals surface area contributed by atoms with Crippen LogP contribution in [0.5, 0.6) is 0 Å². The van der Waals surface area contributed by atoms with Crippen LogP contribution in [0.3, 0.4) is 0 Å². The first kappa shape index (κ1) is 20.1. The summed E-state index contributed by atoms with van der Waals surface area (Å²) in [5.74, 6) is -0.282. The highest BCUT2D eigenvalue weighted by molar-refractivity contribution is 8.27. The molecule has 4 rings (SSSR count). The number of aromatic nitrogens is 1. The van der Waals surface area contributed by atoms with E-state index < -0.39 is 4.92 Å². The highest BCUT2D eigenvalue weighted by atomic mass is 32.2. The van der Waals surface area contributed by atoms with Gasteiger partial charge in [-0.1, -0.05) is 48.2 Å². The summed E-state index contributed by atoms with van der Waals surface area (Å²) in [5.41, 5.74) is 4.35. The number of para-hydroxylation sites is 1. The minimum atomic E-state index is -0.491. The molecule has 150 valence electrons. The summed E-state index contributed by atoms with van der Waals surface area (Å²) in [6.45, 7) is 4.03. The number of amides is 1. The summed E-state index contributed by atoms with van der Waals surface area (Å²) in [4.78, 5) is 25.5. The molecule has 0 bridgehead atoms. The Bertz CT molecular complexity index is 1220. The number of benzene rings is 2. The van der Waals surface area contributed by atoms with E-state index in [2.05, 4.69) is 4.57 Å². The lowest BCUT2D eigenvalue weighted by atomic mass is 10.2. The number of hydrogen-bond donors (Lipinski definition) is 0. The van der Waals surface area contributed by atoms with Crippen LogP contribution in [0.1, 0.15) is 17.0 Å². The summed E-state index contributed by atoms with van der Waals surface area (Å²) in [6.07, 6.45) is 1.83. The smallest absolute Gasteiger partial charge is 0.271 e. The van der Waals surface area contributed by atoms with Gasteiger partial charge in [0.2, 0.25) is 0 Å². The van der Waals surface area contributed by atoms with Crippen molar-refractivity contribution in [3.8, 4) is 5.69 Å². The topological polar surface area (TPSA) is 68.4 Å². The molecule has 2 aromatic carbocycles.